The first-order chi connectivity index (χ1) is 9.04. The fourth-order valence-electron chi connectivity index (χ4n) is 2.26. The lowest BCUT2D eigenvalue weighted by atomic mass is 9.80. The van der Waals surface area contributed by atoms with E-state index >= 15 is 0 Å². The molecule has 1 aliphatic carbocycles. The first kappa shape index (κ1) is 16.8. The highest BCUT2D eigenvalue weighted by atomic mass is 19.4. The Morgan fingerprint density at radius 2 is 1.85 bits per heavy atom. The second kappa shape index (κ2) is 6.01. The van der Waals surface area contributed by atoms with Gasteiger partial charge in [-0.05, 0) is 33.1 Å². The summed E-state index contributed by atoms with van der Waals surface area (Å²) >= 11 is 0. The number of halogens is 3. The van der Waals surface area contributed by atoms with Crippen LogP contribution in [0.3, 0.4) is 0 Å². The van der Waals surface area contributed by atoms with Crippen LogP contribution in [0.5, 0.6) is 0 Å². The average molecular weight is 294 g/mol. The number of nitrogens with two attached hydrogens (primary N) is 1. The Kier molecular flexibility index (Phi) is 5.05. The van der Waals surface area contributed by atoms with Crippen LogP contribution >= 0.6 is 0 Å². The van der Waals surface area contributed by atoms with Crippen molar-refractivity contribution in [2.24, 2.45) is 23.0 Å². The highest BCUT2D eigenvalue weighted by Crippen LogP contribution is 2.39. The number of nitrogens with one attached hydrogen (secondary N) is 1. The Morgan fingerprint density at radius 3 is 2.35 bits per heavy atom. The van der Waals surface area contributed by atoms with Crippen LogP contribution in [0.15, 0.2) is 0 Å². The second-order valence-corrected chi connectivity index (χ2v) is 6.07. The second-order valence-electron chi connectivity index (χ2n) is 6.07. The molecule has 0 aromatic carbocycles. The van der Waals surface area contributed by atoms with Gasteiger partial charge in [-0.15, -0.1) is 0 Å². The third kappa shape index (κ3) is 4.38. The van der Waals surface area contributed by atoms with E-state index in [1.165, 1.54) is 0 Å². The average Bonchev–Trinajstić information content (AvgIpc) is 2.35. The quantitative estimate of drug-likeness (QED) is 0.832. The van der Waals surface area contributed by atoms with E-state index in [1.54, 1.807) is 13.8 Å². The molecule has 2 amide bonds. The number of carbonyl (C=O) groups is 2. The predicted molar refractivity (Wildman–Crippen MR) is 67.5 cm³/mol. The molecule has 3 N–H and O–H groups in total. The molecule has 1 fully saturated rings. The lowest BCUT2D eigenvalue weighted by molar-refractivity contribution is -0.186. The molecule has 0 saturated heterocycles. The molecule has 1 aliphatic rings. The molecule has 0 heterocycles. The Balaban J connectivity index is 2.54. The Bertz CT molecular complexity index is 380. The molecule has 7 heteroatoms. The summed E-state index contributed by atoms with van der Waals surface area (Å²) in [4.78, 5) is 23.0. The molecule has 20 heavy (non-hydrogen) atoms. The third-order valence-corrected chi connectivity index (χ3v) is 3.88. The minimum Gasteiger partial charge on any atom is -0.369 e. The topological polar surface area (TPSA) is 72.2 Å². The number of amides is 2. The smallest absolute Gasteiger partial charge is 0.369 e. The van der Waals surface area contributed by atoms with Crippen molar-refractivity contribution in [1.82, 2.24) is 5.32 Å². The molecule has 0 radical (unpaired) electrons. The van der Waals surface area contributed by atoms with Gasteiger partial charge in [0.15, 0.2) is 0 Å². The maximum absolute atomic E-state index is 12.7. The van der Waals surface area contributed by atoms with Gasteiger partial charge in [0.25, 0.3) is 0 Å². The highest BCUT2D eigenvalue weighted by Gasteiger charge is 2.43. The monoisotopic (exact) mass is 294 g/mol. The molecule has 0 aromatic heterocycles. The SMILES string of the molecule is CC(C)(CNC(=O)[C@H]1CCC[C@@H](C(F)(F)F)C1)C(N)=O. The van der Waals surface area contributed by atoms with E-state index in [1.807, 2.05) is 0 Å². The van der Waals surface area contributed by atoms with Gasteiger partial charge in [-0.1, -0.05) is 6.42 Å². The summed E-state index contributed by atoms with van der Waals surface area (Å²) in [5.41, 5.74) is 4.27. The fourth-order valence-corrected chi connectivity index (χ4v) is 2.26. The van der Waals surface area contributed by atoms with E-state index in [2.05, 4.69) is 5.32 Å². The van der Waals surface area contributed by atoms with Crippen LogP contribution in [0.25, 0.3) is 0 Å². The zero-order valence-electron chi connectivity index (χ0n) is 11.7. The van der Waals surface area contributed by atoms with Crippen LogP contribution in [-0.2, 0) is 9.59 Å². The maximum atomic E-state index is 12.7. The summed E-state index contributed by atoms with van der Waals surface area (Å²) in [6, 6.07) is 0. The Morgan fingerprint density at radius 1 is 1.25 bits per heavy atom. The van der Waals surface area contributed by atoms with Crippen LogP contribution < -0.4 is 11.1 Å². The van der Waals surface area contributed by atoms with Crippen molar-refractivity contribution in [1.29, 1.82) is 0 Å². The minimum absolute atomic E-state index is 0.0361. The number of primary amides is 1. The minimum atomic E-state index is -4.24. The first-order valence-electron chi connectivity index (χ1n) is 6.68. The van der Waals surface area contributed by atoms with Gasteiger partial charge < -0.3 is 11.1 Å². The van der Waals surface area contributed by atoms with E-state index in [0.717, 1.165) is 0 Å². The summed E-state index contributed by atoms with van der Waals surface area (Å²) in [6.45, 7) is 3.19. The van der Waals surface area contributed by atoms with Gasteiger partial charge in [0.05, 0.1) is 11.3 Å². The molecule has 0 spiro atoms. The summed E-state index contributed by atoms with van der Waals surface area (Å²) < 4.78 is 38.0. The molecular weight excluding hydrogens is 273 g/mol. The van der Waals surface area contributed by atoms with Crippen LogP contribution in [0.4, 0.5) is 13.2 Å². The van der Waals surface area contributed by atoms with Crippen molar-refractivity contribution in [3.63, 3.8) is 0 Å². The molecule has 4 nitrogen and oxygen atoms in total. The van der Waals surface area contributed by atoms with Gasteiger partial charge in [-0.2, -0.15) is 13.2 Å². The zero-order valence-corrected chi connectivity index (χ0v) is 11.7. The van der Waals surface area contributed by atoms with Crippen LogP contribution in [0.2, 0.25) is 0 Å². The van der Waals surface area contributed by atoms with Crippen molar-refractivity contribution < 1.29 is 22.8 Å². The van der Waals surface area contributed by atoms with Gasteiger partial charge in [-0.25, -0.2) is 0 Å². The molecule has 0 aromatic rings. The molecule has 0 unspecified atom stereocenters. The molecule has 2 atom stereocenters. The largest absolute Gasteiger partial charge is 0.391 e. The Hall–Kier alpha value is -1.27. The van der Waals surface area contributed by atoms with Crippen LogP contribution in [0.1, 0.15) is 39.5 Å². The third-order valence-electron chi connectivity index (χ3n) is 3.88. The lowest BCUT2D eigenvalue weighted by Gasteiger charge is -2.30. The van der Waals surface area contributed by atoms with Gasteiger partial charge in [-0.3, -0.25) is 9.59 Å². The highest BCUT2D eigenvalue weighted by molar-refractivity contribution is 5.82. The van der Waals surface area contributed by atoms with Gasteiger partial charge in [0.1, 0.15) is 0 Å². The van der Waals surface area contributed by atoms with Crippen LogP contribution in [0, 0.1) is 17.3 Å². The van der Waals surface area contributed by atoms with E-state index < -0.39 is 35.2 Å². The first-order valence-corrected chi connectivity index (χ1v) is 6.68. The van der Waals surface area contributed by atoms with Crippen molar-refractivity contribution in [3.05, 3.63) is 0 Å². The fraction of sp³-hybridized carbons (Fsp3) is 0.846. The maximum Gasteiger partial charge on any atom is 0.391 e. The summed E-state index contributed by atoms with van der Waals surface area (Å²) in [6.07, 6.45) is -3.49. The van der Waals surface area contributed by atoms with Crippen molar-refractivity contribution in [2.75, 3.05) is 6.54 Å². The van der Waals surface area contributed by atoms with E-state index in [-0.39, 0.29) is 19.4 Å². The van der Waals surface area contributed by atoms with Crippen molar-refractivity contribution in [2.45, 2.75) is 45.7 Å². The molecular formula is C13H21F3N2O2. The standard InChI is InChI=1S/C13H21F3N2O2/c1-12(2,11(17)20)7-18-10(19)8-4-3-5-9(6-8)13(14,15)16/h8-9H,3-7H2,1-2H3,(H2,17,20)(H,18,19)/t8-,9+/m0/s1. The number of rotatable bonds is 4. The number of alkyl halides is 3. The number of carbonyl (C=O) groups excluding carboxylic acids is 2. The van der Waals surface area contributed by atoms with Crippen molar-refractivity contribution >= 4 is 11.8 Å². The zero-order chi connectivity index (χ0) is 15.6. The van der Waals surface area contributed by atoms with E-state index in [4.69, 9.17) is 5.73 Å². The lowest BCUT2D eigenvalue weighted by Crippen LogP contribution is -2.45. The van der Waals surface area contributed by atoms with Gasteiger partial charge in [0.2, 0.25) is 11.8 Å². The van der Waals surface area contributed by atoms with Crippen molar-refractivity contribution in [3.8, 4) is 0 Å². The molecule has 0 bridgehead atoms. The number of hydrogen-bond acceptors (Lipinski definition) is 2. The van der Waals surface area contributed by atoms with Crippen LogP contribution in [-0.4, -0.2) is 24.5 Å². The summed E-state index contributed by atoms with van der Waals surface area (Å²) in [5, 5.41) is 2.54. The molecule has 116 valence electrons. The summed E-state index contributed by atoms with van der Waals surface area (Å²) in [7, 11) is 0. The van der Waals surface area contributed by atoms with Gasteiger partial charge >= 0.3 is 6.18 Å². The number of hydrogen-bond donors (Lipinski definition) is 2. The predicted octanol–water partition coefficient (Wildman–Crippen LogP) is 1.98. The molecule has 1 rings (SSSR count). The van der Waals surface area contributed by atoms with E-state index in [9.17, 15) is 22.8 Å². The van der Waals surface area contributed by atoms with E-state index in [0.29, 0.717) is 12.8 Å². The summed E-state index contributed by atoms with van der Waals surface area (Å²) in [5.74, 6) is -3.03. The normalized spacial score (nSPS) is 24.2. The van der Waals surface area contributed by atoms with Gasteiger partial charge in [0, 0.05) is 12.5 Å². The Labute approximate surface area is 116 Å². The molecule has 1 saturated carbocycles. The molecule has 0 aliphatic heterocycles.